The molecule has 5 heteroatoms. The fraction of sp³-hybridized carbons (Fsp3) is 0.955. The van der Waals surface area contributed by atoms with Crippen molar-refractivity contribution in [1.82, 2.24) is 4.67 Å². The second-order valence-corrected chi connectivity index (χ2v) is 12.4. The van der Waals surface area contributed by atoms with Crippen molar-refractivity contribution in [3.63, 3.8) is 0 Å². The number of rotatable bonds is 12. The van der Waals surface area contributed by atoms with Crippen LogP contribution < -0.4 is 0 Å². The van der Waals surface area contributed by atoms with E-state index in [1.165, 1.54) is 44.9 Å². The number of hydrogen-bond donors (Lipinski definition) is 0. The van der Waals surface area contributed by atoms with Gasteiger partial charge in [-0.2, -0.15) is 0 Å². The fourth-order valence-electron chi connectivity index (χ4n) is 3.84. The van der Waals surface area contributed by atoms with E-state index in [2.05, 4.69) is 6.92 Å². The minimum atomic E-state index is -3.16. The maximum Gasteiger partial charge on any atom is 0.283 e. The number of carbonyl (C=O) groups is 1. The van der Waals surface area contributed by atoms with Crippen LogP contribution in [-0.2, 0) is 13.9 Å². The summed E-state index contributed by atoms with van der Waals surface area (Å²) in [6.45, 7) is 14.7. The van der Waals surface area contributed by atoms with Gasteiger partial charge in [0.15, 0.2) is 0 Å². The molecule has 0 spiro atoms. The molecule has 1 saturated heterocycles. The Balaban J connectivity index is 2.45. The molecule has 1 rings (SSSR count). The Morgan fingerprint density at radius 1 is 1.04 bits per heavy atom. The van der Waals surface area contributed by atoms with Crippen LogP contribution in [0.2, 0.25) is 0 Å². The van der Waals surface area contributed by atoms with Crippen molar-refractivity contribution in [2.24, 2.45) is 0 Å². The van der Waals surface area contributed by atoms with Crippen LogP contribution in [0, 0.1) is 0 Å². The Labute approximate surface area is 168 Å². The van der Waals surface area contributed by atoms with Gasteiger partial charge in [0, 0.05) is 18.5 Å². The third-order valence-corrected chi connectivity index (χ3v) is 8.94. The van der Waals surface area contributed by atoms with E-state index in [9.17, 15) is 9.36 Å². The van der Waals surface area contributed by atoms with Crippen LogP contribution in [0.1, 0.15) is 113 Å². The molecule has 0 N–H and O–H groups in total. The smallest absolute Gasteiger partial charge is 0.283 e. The highest BCUT2D eigenvalue weighted by molar-refractivity contribution is 7.58. The van der Waals surface area contributed by atoms with E-state index < -0.39 is 18.8 Å². The summed E-state index contributed by atoms with van der Waals surface area (Å²) in [5.41, 5.74) is -1.31. The van der Waals surface area contributed by atoms with Gasteiger partial charge in [-0.15, -0.1) is 0 Å². The highest BCUT2D eigenvalue weighted by Gasteiger charge is 2.55. The molecule has 2 unspecified atom stereocenters. The Morgan fingerprint density at radius 3 is 2.00 bits per heavy atom. The van der Waals surface area contributed by atoms with Gasteiger partial charge in [-0.1, -0.05) is 58.3 Å². The molecule has 2 atom stereocenters. The largest absolute Gasteiger partial charge is 0.309 e. The van der Waals surface area contributed by atoms with Gasteiger partial charge in [0.05, 0.1) is 5.60 Å². The van der Waals surface area contributed by atoms with Crippen molar-refractivity contribution >= 4 is 13.3 Å². The average Bonchev–Trinajstić information content (AvgIpc) is 2.83. The molecule has 0 aromatic rings. The SMILES string of the molecule is CCCCCCCCCCCC(=O)C(C)P1(=O)OC(C)(C)CN1C(C)(C)C. The lowest BCUT2D eigenvalue weighted by Gasteiger charge is -2.36. The second-order valence-electron chi connectivity index (χ2n) is 9.86. The second kappa shape index (κ2) is 10.6. The zero-order valence-electron chi connectivity index (χ0n) is 19.0. The van der Waals surface area contributed by atoms with Crippen molar-refractivity contribution < 1.29 is 13.9 Å². The average molecular weight is 402 g/mol. The zero-order valence-corrected chi connectivity index (χ0v) is 19.9. The molecule has 27 heavy (non-hydrogen) atoms. The molecule has 0 saturated carbocycles. The Kier molecular flexibility index (Phi) is 9.72. The fourth-order valence-corrected chi connectivity index (χ4v) is 7.14. The van der Waals surface area contributed by atoms with Crippen LogP contribution in [0.25, 0.3) is 0 Å². The first-order chi connectivity index (χ1) is 12.4. The van der Waals surface area contributed by atoms with Crippen LogP contribution in [0.3, 0.4) is 0 Å². The molecule has 1 heterocycles. The minimum absolute atomic E-state index is 0.0910. The summed E-state index contributed by atoms with van der Waals surface area (Å²) in [5.74, 6) is 0.0910. The van der Waals surface area contributed by atoms with Gasteiger partial charge in [0.1, 0.15) is 11.4 Å². The molecule has 0 aromatic carbocycles. The van der Waals surface area contributed by atoms with Crippen LogP contribution in [0.4, 0.5) is 0 Å². The predicted molar refractivity (Wildman–Crippen MR) is 116 cm³/mol. The summed E-state index contributed by atoms with van der Waals surface area (Å²) in [6, 6.07) is 0. The molecule has 1 fully saturated rings. The zero-order chi connectivity index (χ0) is 20.7. The number of carbonyl (C=O) groups excluding carboxylic acids is 1. The highest BCUT2D eigenvalue weighted by atomic mass is 31.2. The predicted octanol–water partition coefficient (Wildman–Crippen LogP) is 6.97. The number of hydrogen-bond acceptors (Lipinski definition) is 3. The van der Waals surface area contributed by atoms with Gasteiger partial charge in [0.25, 0.3) is 7.52 Å². The van der Waals surface area contributed by atoms with Gasteiger partial charge < -0.3 is 4.52 Å². The van der Waals surface area contributed by atoms with Crippen molar-refractivity contribution in [2.75, 3.05) is 6.54 Å². The summed E-state index contributed by atoms with van der Waals surface area (Å²) < 4.78 is 21.6. The van der Waals surface area contributed by atoms with E-state index >= 15 is 0 Å². The molecular weight excluding hydrogens is 357 g/mol. The lowest BCUT2D eigenvalue weighted by molar-refractivity contribution is -0.118. The lowest BCUT2D eigenvalue weighted by Crippen LogP contribution is -2.41. The van der Waals surface area contributed by atoms with Crippen molar-refractivity contribution in [1.29, 1.82) is 0 Å². The first-order valence-electron chi connectivity index (χ1n) is 11.1. The van der Waals surface area contributed by atoms with E-state index in [1.54, 1.807) is 6.92 Å². The Hall–Kier alpha value is -0.180. The van der Waals surface area contributed by atoms with Crippen molar-refractivity contribution in [3.8, 4) is 0 Å². The van der Waals surface area contributed by atoms with E-state index in [0.717, 1.165) is 12.8 Å². The molecule has 1 aliphatic heterocycles. The highest BCUT2D eigenvalue weighted by Crippen LogP contribution is 2.65. The first-order valence-corrected chi connectivity index (χ1v) is 12.7. The van der Waals surface area contributed by atoms with Crippen LogP contribution in [0.5, 0.6) is 0 Å². The number of ketones is 1. The molecule has 0 bridgehead atoms. The van der Waals surface area contributed by atoms with E-state index in [0.29, 0.717) is 13.0 Å². The third-order valence-electron chi connectivity index (χ3n) is 5.50. The minimum Gasteiger partial charge on any atom is -0.309 e. The monoisotopic (exact) mass is 401 g/mol. The van der Waals surface area contributed by atoms with E-state index in [4.69, 9.17) is 4.52 Å². The number of Topliss-reactive ketones (excluding diaryl/α,β-unsaturated/α-hetero) is 1. The number of nitrogens with zero attached hydrogens (tertiary/aromatic N) is 1. The van der Waals surface area contributed by atoms with Crippen LogP contribution in [-0.4, -0.2) is 33.8 Å². The van der Waals surface area contributed by atoms with Crippen LogP contribution >= 0.6 is 7.52 Å². The Bertz CT molecular complexity index is 510. The Morgan fingerprint density at radius 2 is 1.52 bits per heavy atom. The van der Waals surface area contributed by atoms with Crippen molar-refractivity contribution in [3.05, 3.63) is 0 Å². The standard InChI is InChI=1S/C22H44NO3P/c1-8-9-10-11-12-13-14-15-16-17-20(24)19(2)27(25)23(21(3,4)5)18-22(6,7)26-27/h19H,8-18H2,1-7H3. The van der Waals surface area contributed by atoms with Crippen molar-refractivity contribution in [2.45, 2.75) is 129 Å². The molecular formula is C22H44NO3P. The molecule has 1 aliphatic rings. The normalized spacial score (nSPS) is 24.3. The lowest BCUT2D eigenvalue weighted by atomic mass is 10.0. The van der Waals surface area contributed by atoms with Gasteiger partial charge >= 0.3 is 0 Å². The summed E-state index contributed by atoms with van der Waals surface area (Å²) in [5, 5.41) is 0. The maximum atomic E-state index is 13.7. The molecule has 0 radical (unpaired) electrons. The molecule has 160 valence electrons. The van der Waals surface area contributed by atoms with Gasteiger partial charge in [-0.05, 0) is 48.0 Å². The quantitative estimate of drug-likeness (QED) is 0.262. The van der Waals surface area contributed by atoms with E-state index in [1.807, 2.05) is 39.3 Å². The van der Waals surface area contributed by atoms with Gasteiger partial charge in [0.2, 0.25) is 0 Å². The van der Waals surface area contributed by atoms with Crippen LogP contribution in [0.15, 0.2) is 0 Å². The first kappa shape index (κ1) is 24.9. The van der Waals surface area contributed by atoms with E-state index in [-0.39, 0.29) is 11.3 Å². The molecule has 0 aromatic heterocycles. The topological polar surface area (TPSA) is 46.6 Å². The summed E-state index contributed by atoms with van der Waals surface area (Å²) in [7, 11) is -3.16. The molecule has 4 nitrogen and oxygen atoms in total. The summed E-state index contributed by atoms with van der Waals surface area (Å²) in [4.78, 5) is 12.7. The van der Waals surface area contributed by atoms with Gasteiger partial charge in [-0.3, -0.25) is 9.36 Å². The molecule has 0 amide bonds. The molecule has 0 aliphatic carbocycles. The maximum absolute atomic E-state index is 13.7. The number of unbranched alkanes of at least 4 members (excludes halogenated alkanes) is 8. The summed E-state index contributed by atoms with van der Waals surface area (Å²) in [6.07, 6.45) is 11.6. The third kappa shape index (κ3) is 7.63. The van der Waals surface area contributed by atoms with Gasteiger partial charge in [-0.25, -0.2) is 4.67 Å². The summed E-state index contributed by atoms with van der Waals surface area (Å²) >= 11 is 0.